The fourth-order valence-electron chi connectivity index (χ4n) is 3.39. The first-order chi connectivity index (χ1) is 16.2. The molecule has 0 aromatic heterocycles. The van der Waals surface area contributed by atoms with Crippen LogP contribution in [0.2, 0.25) is 0 Å². The van der Waals surface area contributed by atoms with Crippen molar-refractivity contribution in [3.63, 3.8) is 0 Å². The molecular weight excluding hydrogens is 460 g/mol. The Hall–Kier alpha value is -3.08. The normalized spacial score (nSPS) is 15.5. The van der Waals surface area contributed by atoms with Gasteiger partial charge < -0.3 is 14.8 Å². The summed E-state index contributed by atoms with van der Waals surface area (Å²) in [4.78, 5) is 37.7. The number of ketones is 1. The van der Waals surface area contributed by atoms with E-state index in [1.54, 1.807) is 44.2 Å². The Labute approximate surface area is 199 Å². The first-order valence-electron chi connectivity index (χ1n) is 10.9. The lowest BCUT2D eigenvalue weighted by molar-refractivity contribution is -0.145. The molecule has 1 aliphatic rings. The molecule has 3 rings (SSSR count). The zero-order valence-corrected chi connectivity index (χ0v) is 19.9. The molecule has 1 saturated heterocycles. The largest absolute Gasteiger partial charge is 0.456 e. The summed E-state index contributed by atoms with van der Waals surface area (Å²) < 4.78 is 37.5. The summed E-state index contributed by atoms with van der Waals surface area (Å²) in [5.74, 6) is -2.05. The minimum atomic E-state index is -3.78. The van der Waals surface area contributed by atoms with Crippen molar-refractivity contribution in [2.45, 2.75) is 24.8 Å². The molecule has 0 bridgehead atoms. The number of hydrogen-bond acceptors (Lipinski definition) is 7. The maximum absolute atomic E-state index is 12.9. The average Bonchev–Trinajstić information content (AvgIpc) is 2.86. The van der Waals surface area contributed by atoms with Gasteiger partial charge in [-0.2, -0.15) is 4.31 Å². The second-order valence-electron chi connectivity index (χ2n) is 8.14. The van der Waals surface area contributed by atoms with Gasteiger partial charge in [0, 0.05) is 24.2 Å². The van der Waals surface area contributed by atoms with Crippen molar-refractivity contribution in [3.05, 3.63) is 65.7 Å². The molecule has 0 unspecified atom stereocenters. The summed E-state index contributed by atoms with van der Waals surface area (Å²) >= 11 is 0. The van der Waals surface area contributed by atoms with Crippen molar-refractivity contribution in [2.75, 3.05) is 32.9 Å². The topological polar surface area (TPSA) is 119 Å². The fraction of sp³-hybridized carbons (Fsp3) is 0.375. The lowest BCUT2D eigenvalue weighted by Gasteiger charge is -2.26. The quantitative estimate of drug-likeness (QED) is 0.423. The number of hydrogen-bond donors (Lipinski definition) is 1. The number of sulfonamides is 1. The molecule has 2 aromatic rings. The van der Waals surface area contributed by atoms with E-state index in [1.165, 1.54) is 28.6 Å². The molecule has 182 valence electrons. The number of nitrogens with zero attached hydrogens (tertiary/aromatic N) is 1. The van der Waals surface area contributed by atoms with Gasteiger partial charge in [-0.05, 0) is 24.1 Å². The molecule has 10 heteroatoms. The molecule has 1 N–H and O–H groups in total. The molecule has 0 saturated carbocycles. The van der Waals surface area contributed by atoms with Crippen LogP contribution >= 0.6 is 0 Å². The van der Waals surface area contributed by atoms with Gasteiger partial charge in [-0.15, -0.1) is 0 Å². The van der Waals surface area contributed by atoms with Crippen LogP contribution in [0.25, 0.3) is 0 Å². The molecule has 0 aliphatic carbocycles. The zero-order valence-electron chi connectivity index (χ0n) is 19.1. The van der Waals surface area contributed by atoms with E-state index < -0.39 is 34.5 Å². The third-order valence-corrected chi connectivity index (χ3v) is 7.25. The SMILES string of the molecule is CC(C)[C@@H](NC(=O)c1cccc(S(=O)(=O)N2CCOCC2)c1)C(=O)OCC(=O)c1ccccc1. The van der Waals surface area contributed by atoms with Crippen LogP contribution in [-0.2, 0) is 24.3 Å². The molecule has 1 heterocycles. The summed E-state index contributed by atoms with van der Waals surface area (Å²) in [5, 5.41) is 2.60. The fourth-order valence-corrected chi connectivity index (χ4v) is 4.84. The van der Waals surface area contributed by atoms with Crippen molar-refractivity contribution >= 4 is 27.7 Å². The highest BCUT2D eigenvalue weighted by molar-refractivity contribution is 7.89. The number of rotatable bonds is 9. The van der Waals surface area contributed by atoms with Gasteiger partial charge in [-0.3, -0.25) is 9.59 Å². The van der Waals surface area contributed by atoms with Crippen LogP contribution < -0.4 is 5.32 Å². The minimum Gasteiger partial charge on any atom is -0.456 e. The van der Waals surface area contributed by atoms with E-state index in [-0.39, 0.29) is 35.2 Å². The molecule has 0 radical (unpaired) electrons. The number of amides is 1. The average molecular weight is 489 g/mol. The van der Waals surface area contributed by atoms with Crippen LogP contribution in [0.4, 0.5) is 0 Å². The first-order valence-corrected chi connectivity index (χ1v) is 12.4. The van der Waals surface area contributed by atoms with Crippen molar-refractivity contribution in [3.8, 4) is 0 Å². The van der Waals surface area contributed by atoms with Crippen LogP contribution in [0.5, 0.6) is 0 Å². The molecule has 0 spiro atoms. The van der Waals surface area contributed by atoms with Crippen LogP contribution in [-0.4, -0.2) is 69.3 Å². The van der Waals surface area contributed by atoms with Gasteiger partial charge in [0.15, 0.2) is 12.4 Å². The van der Waals surface area contributed by atoms with Crippen molar-refractivity contribution in [1.82, 2.24) is 9.62 Å². The van der Waals surface area contributed by atoms with E-state index in [1.807, 2.05) is 0 Å². The van der Waals surface area contributed by atoms with E-state index in [0.717, 1.165) is 0 Å². The monoisotopic (exact) mass is 488 g/mol. The van der Waals surface area contributed by atoms with E-state index in [0.29, 0.717) is 18.8 Å². The highest BCUT2D eigenvalue weighted by atomic mass is 32.2. The molecule has 34 heavy (non-hydrogen) atoms. The third kappa shape index (κ3) is 6.28. The van der Waals surface area contributed by atoms with Gasteiger partial charge in [-0.1, -0.05) is 50.2 Å². The van der Waals surface area contributed by atoms with Crippen molar-refractivity contribution in [1.29, 1.82) is 0 Å². The first kappa shape index (κ1) is 25.5. The molecule has 1 atom stereocenters. The van der Waals surface area contributed by atoms with Gasteiger partial charge in [0.2, 0.25) is 10.0 Å². The number of nitrogens with one attached hydrogen (secondary N) is 1. The Kier molecular flexibility index (Phi) is 8.54. The molecule has 9 nitrogen and oxygen atoms in total. The second-order valence-corrected chi connectivity index (χ2v) is 10.1. The number of carbonyl (C=O) groups is 3. The van der Waals surface area contributed by atoms with Crippen LogP contribution in [0, 0.1) is 5.92 Å². The van der Waals surface area contributed by atoms with E-state index >= 15 is 0 Å². The highest BCUT2D eigenvalue weighted by Crippen LogP contribution is 2.19. The van der Waals surface area contributed by atoms with Crippen molar-refractivity contribution < 1.29 is 32.3 Å². The summed E-state index contributed by atoms with van der Waals surface area (Å²) in [5.41, 5.74) is 0.506. The van der Waals surface area contributed by atoms with Gasteiger partial charge in [0.25, 0.3) is 5.91 Å². The third-order valence-electron chi connectivity index (χ3n) is 5.35. The molecule has 1 amide bonds. The van der Waals surface area contributed by atoms with Crippen LogP contribution in [0.3, 0.4) is 0 Å². The molecule has 2 aromatic carbocycles. The van der Waals surface area contributed by atoms with Gasteiger partial charge in [-0.25, -0.2) is 13.2 Å². The number of esters is 1. The summed E-state index contributed by atoms with van der Waals surface area (Å²) in [7, 11) is -3.78. The molecular formula is C24H28N2O7S. The predicted molar refractivity (Wildman–Crippen MR) is 124 cm³/mol. The van der Waals surface area contributed by atoms with Gasteiger partial charge >= 0.3 is 5.97 Å². The van der Waals surface area contributed by atoms with E-state index in [4.69, 9.17) is 9.47 Å². The summed E-state index contributed by atoms with van der Waals surface area (Å²) in [6.07, 6.45) is 0. The lowest BCUT2D eigenvalue weighted by Crippen LogP contribution is -2.45. The number of morpholine rings is 1. The predicted octanol–water partition coefficient (Wildman–Crippen LogP) is 1.89. The summed E-state index contributed by atoms with van der Waals surface area (Å²) in [6.45, 7) is 4.10. The highest BCUT2D eigenvalue weighted by Gasteiger charge is 2.29. The standard InChI is InChI=1S/C24H28N2O7S/c1-17(2)22(24(29)33-16-21(27)18-7-4-3-5-8-18)25-23(28)19-9-6-10-20(15-19)34(30,31)26-11-13-32-14-12-26/h3-10,15,17,22H,11-14,16H2,1-2H3,(H,25,28)/t22-/m1/s1. The Balaban J connectivity index is 1.68. The van der Waals surface area contributed by atoms with E-state index in [9.17, 15) is 22.8 Å². The Morgan fingerprint density at radius 1 is 1.00 bits per heavy atom. The Morgan fingerprint density at radius 2 is 1.65 bits per heavy atom. The van der Waals surface area contributed by atoms with Gasteiger partial charge in [0.05, 0.1) is 18.1 Å². The summed E-state index contributed by atoms with van der Waals surface area (Å²) in [6, 6.07) is 13.1. The number of carbonyl (C=O) groups excluding carboxylic acids is 3. The minimum absolute atomic E-state index is 0.0146. The van der Waals surface area contributed by atoms with Crippen molar-refractivity contribution in [2.24, 2.45) is 5.92 Å². The van der Waals surface area contributed by atoms with Crippen LogP contribution in [0.1, 0.15) is 34.6 Å². The van der Waals surface area contributed by atoms with E-state index in [2.05, 4.69) is 5.32 Å². The zero-order chi connectivity index (χ0) is 24.7. The maximum atomic E-state index is 12.9. The Morgan fingerprint density at radius 3 is 2.29 bits per heavy atom. The smallest absolute Gasteiger partial charge is 0.329 e. The Bertz CT molecular complexity index is 1130. The lowest BCUT2D eigenvalue weighted by atomic mass is 10.0. The van der Waals surface area contributed by atoms with Gasteiger partial charge in [0.1, 0.15) is 6.04 Å². The number of ether oxygens (including phenoxy) is 2. The van der Waals surface area contributed by atoms with Crippen LogP contribution in [0.15, 0.2) is 59.5 Å². The maximum Gasteiger partial charge on any atom is 0.329 e. The number of benzene rings is 2. The molecule has 1 aliphatic heterocycles. The second kappa shape index (κ2) is 11.4. The number of Topliss-reactive ketones (excluding diaryl/α,β-unsaturated/α-hetero) is 1. The molecule has 1 fully saturated rings.